The molecule has 0 aromatic rings. The molecule has 1 rings (SSSR count). The minimum Gasteiger partial charge on any atom is -0.546 e. The normalized spacial score (nSPS) is 22.6. The van der Waals surface area contributed by atoms with E-state index in [1.54, 1.807) is 0 Å². The fourth-order valence-corrected chi connectivity index (χ4v) is 9.97. The lowest BCUT2D eigenvalue weighted by atomic mass is 9.72. The van der Waals surface area contributed by atoms with E-state index in [0.29, 0.717) is 22.5 Å². The van der Waals surface area contributed by atoms with Crippen molar-refractivity contribution in [3.05, 3.63) is 22.3 Å². The molecule has 0 amide bonds. The first-order valence-corrected chi connectivity index (χ1v) is 11.5. The lowest BCUT2D eigenvalue weighted by Crippen LogP contribution is -2.48. The SMILES string of the molecule is CC(C)[Si](OC1=C[C@H](N=[N+]=[N-])[C@@H](C(C)(C)C)CC1)(C(C)C)C(C)C. The molecule has 2 atom stereocenters. The van der Waals surface area contributed by atoms with Crippen LogP contribution in [0.25, 0.3) is 10.4 Å². The summed E-state index contributed by atoms with van der Waals surface area (Å²) < 4.78 is 6.82. The Hall–Kier alpha value is -0.933. The number of rotatable bonds is 6. The summed E-state index contributed by atoms with van der Waals surface area (Å²) in [5.41, 5.74) is 10.8. The maximum Gasteiger partial charge on any atom is 0.258 e. The van der Waals surface area contributed by atoms with Crippen LogP contribution < -0.4 is 0 Å². The van der Waals surface area contributed by atoms with E-state index >= 15 is 0 Å². The van der Waals surface area contributed by atoms with E-state index < -0.39 is 8.32 Å². The molecule has 1 aliphatic rings. The van der Waals surface area contributed by atoms with Crippen LogP contribution in [0.3, 0.4) is 0 Å². The molecule has 0 bridgehead atoms. The van der Waals surface area contributed by atoms with Crippen LogP contribution in [0.5, 0.6) is 0 Å². The molecule has 0 aliphatic heterocycles. The number of allylic oxidation sites excluding steroid dienone is 1. The highest BCUT2D eigenvalue weighted by molar-refractivity contribution is 6.77. The van der Waals surface area contributed by atoms with Crippen molar-refractivity contribution in [2.45, 2.75) is 97.8 Å². The summed E-state index contributed by atoms with van der Waals surface area (Å²) in [6.07, 6.45) is 4.10. The van der Waals surface area contributed by atoms with E-state index in [-0.39, 0.29) is 11.5 Å². The largest absolute Gasteiger partial charge is 0.546 e. The fourth-order valence-electron chi connectivity index (χ4n) is 4.64. The van der Waals surface area contributed by atoms with E-state index in [1.165, 1.54) is 0 Å². The number of hydrogen-bond donors (Lipinski definition) is 0. The molecule has 24 heavy (non-hydrogen) atoms. The molecule has 0 saturated heterocycles. The van der Waals surface area contributed by atoms with Gasteiger partial charge in [0, 0.05) is 11.3 Å². The molecule has 0 radical (unpaired) electrons. The van der Waals surface area contributed by atoms with Gasteiger partial charge in [0.2, 0.25) is 0 Å². The number of nitrogens with zero attached hydrogens (tertiary/aromatic N) is 3. The summed E-state index contributed by atoms with van der Waals surface area (Å²) in [6.45, 7) is 20.5. The van der Waals surface area contributed by atoms with Crippen LogP contribution in [-0.2, 0) is 4.43 Å². The van der Waals surface area contributed by atoms with Gasteiger partial charge >= 0.3 is 0 Å². The first kappa shape index (κ1) is 21.1. The predicted molar refractivity (Wildman–Crippen MR) is 105 cm³/mol. The highest BCUT2D eigenvalue weighted by Gasteiger charge is 2.48. The Kier molecular flexibility index (Phi) is 7.01. The van der Waals surface area contributed by atoms with Gasteiger partial charge in [0.05, 0.1) is 11.8 Å². The van der Waals surface area contributed by atoms with Crippen molar-refractivity contribution in [3.8, 4) is 0 Å². The number of azide groups is 1. The Balaban J connectivity index is 3.19. The summed E-state index contributed by atoms with van der Waals surface area (Å²) in [5, 5.41) is 4.09. The molecular formula is C19H37N3OSi. The zero-order valence-electron chi connectivity index (χ0n) is 17.1. The van der Waals surface area contributed by atoms with Crippen LogP contribution in [0.15, 0.2) is 16.9 Å². The zero-order chi connectivity index (χ0) is 18.7. The molecule has 1 aliphatic carbocycles. The average molecular weight is 352 g/mol. The summed E-state index contributed by atoms with van der Waals surface area (Å²) in [7, 11) is -1.94. The Labute approximate surface area is 149 Å². The Morgan fingerprint density at radius 2 is 1.62 bits per heavy atom. The minimum atomic E-state index is -1.94. The van der Waals surface area contributed by atoms with Gasteiger partial charge in [-0.1, -0.05) is 67.4 Å². The van der Waals surface area contributed by atoms with Crippen LogP contribution in [0.2, 0.25) is 16.6 Å². The topological polar surface area (TPSA) is 58.0 Å². The maximum atomic E-state index is 8.98. The van der Waals surface area contributed by atoms with Crippen molar-refractivity contribution in [2.24, 2.45) is 16.4 Å². The van der Waals surface area contributed by atoms with Crippen molar-refractivity contribution >= 4 is 8.32 Å². The molecule has 0 saturated carbocycles. The molecular weight excluding hydrogens is 314 g/mol. The second kappa shape index (κ2) is 7.96. The molecule has 0 spiro atoms. The van der Waals surface area contributed by atoms with Crippen molar-refractivity contribution in [1.82, 2.24) is 0 Å². The van der Waals surface area contributed by atoms with Gasteiger partial charge in [-0.2, -0.15) is 0 Å². The van der Waals surface area contributed by atoms with E-state index in [2.05, 4.69) is 78.4 Å². The van der Waals surface area contributed by atoms with Crippen molar-refractivity contribution in [2.75, 3.05) is 0 Å². The van der Waals surface area contributed by atoms with Crippen molar-refractivity contribution in [3.63, 3.8) is 0 Å². The first-order valence-electron chi connectivity index (χ1n) is 9.40. The predicted octanol–water partition coefficient (Wildman–Crippen LogP) is 7.20. The zero-order valence-corrected chi connectivity index (χ0v) is 18.1. The van der Waals surface area contributed by atoms with E-state index in [1.807, 2.05) is 0 Å². The molecule has 0 heterocycles. The first-order chi connectivity index (χ1) is 11.0. The van der Waals surface area contributed by atoms with Gasteiger partial charge in [-0.3, -0.25) is 0 Å². The summed E-state index contributed by atoms with van der Waals surface area (Å²) in [5.74, 6) is 1.43. The lowest BCUT2D eigenvalue weighted by molar-refractivity contribution is 0.183. The highest BCUT2D eigenvalue weighted by atomic mass is 28.4. The monoisotopic (exact) mass is 351 g/mol. The third-order valence-electron chi connectivity index (χ3n) is 5.78. The van der Waals surface area contributed by atoms with E-state index in [9.17, 15) is 0 Å². The van der Waals surface area contributed by atoms with Crippen LogP contribution in [-0.4, -0.2) is 14.4 Å². The molecule has 138 valence electrons. The average Bonchev–Trinajstić information content (AvgIpc) is 2.42. The highest BCUT2D eigenvalue weighted by Crippen LogP contribution is 2.46. The maximum absolute atomic E-state index is 8.98. The third kappa shape index (κ3) is 4.37. The third-order valence-corrected chi connectivity index (χ3v) is 11.8. The van der Waals surface area contributed by atoms with Crippen molar-refractivity contribution in [1.29, 1.82) is 0 Å². The standard InChI is InChI=1S/C19H37N3OSi/c1-13(2)24(14(3)4,15(5)6)23-16-10-11-17(19(7,8)9)18(12-16)21-22-20/h12-15,17-18H,10-11H2,1-9H3/t17-,18-/m0/s1. The number of hydrogen-bond acceptors (Lipinski definition) is 2. The molecule has 0 aromatic heterocycles. The van der Waals surface area contributed by atoms with E-state index in [0.717, 1.165) is 18.6 Å². The molecule has 4 nitrogen and oxygen atoms in total. The van der Waals surface area contributed by atoms with Gasteiger partial charge in [-0.25, -0.2) is 0 Å². The van der Waals surface area contributed by atoms with E-state index in [4.69, 9.17) is 9.96 Å². The lowest BCUT2D eigenvalue weighted by Gasteiger charge is -2.45. The smallest absolute Gasteiger partial charge is 0.258 e. The molecule has 5 heteroatoms. The summed E-state index contributed by atoms with van der Waals surface area (Å²) in [6, 6.07) is -0.100. The van der Waals surface area contributed by atoms with Crippen LogP contribution in [0.4, 0.5) is 0 Å². The van der Waals surface area contributed by atoms with Gasteiger partial charge in [0.15, 0.2) is 0 Å². The van der Waals surface area contributed by atoms with Crippen molar-refractivity contribution < 1.29 is 4.43 Å². The van der Waals surface area contributed by atoms with Crippen LogP contribution in [0.1, 0.15) is 75.2 Å². The van der Waals surface area contributed by atoms with Crippen LogP contribution >= 0.6 is 0 Å². The fraction of sp³-hybridized carbons (Fsp3) is 0.895. The minimum absolute atomic E-state index is 0.100. The quantitative estimate of drug-likeness (QED) is 0.216. The Morgan fingerprint density at radius 3 is 2.00 bits per heavy atom. The second-order valence-electron chi connectivity index (χ2n) is 9.26. The second-order valence-corrected chi connectivity index (χ2v) is 14.6. The van der Waals surface area contributed by atoms with Gasteiger partial charge in [-0.15, -0.1) is 0 Å². The van der Waals surface area contributed by atoms with Gasteiger partial charge < -0.3 is 4.43 Å². The molecule has 0 N–H and O–H groups in total. The molecule has 0 unspecified atom stereocenters. The summed E-state index contributed by atoms with van der Waals surface area (Å²) >= 11 is 0. The summed E-state index contributed by atoms with van der Waals surface area (Å²) in [4.78, 5) is 3.10. The van der Waals surface area contributed by atoms with Gasteiger partial charge in [-0.05, 0) is 46.0 Å². The Morgan fingerprint density at radius 1 is 1.12 bits per heavy atom. The van der Waals surface area contributed by atoms with Crippen LogP contribution in [0, 0.1) is 11.3 Å². The van der Waals surface area contributed by atoms with Gasteiger partial charge in [0.1, 0.15) is 0 Å². The van der Waals surface area contributed by atoms with Gasteiger partial charge in [0.25, 0.3) is 8.32 Å². The Bertz CT molecular complexity index is 477. The molecule has 0 fully saturated rings. The molecule has 0 aromatic carbocycles.